The molecule has 3 heterocycles. The Hall–Kier alpha value is -1.63. The minimum Gasteiger partial charge on any atom is -0.358 e. The van der Waals surface area contributed by atoms with Crippen molar-refractivity contribution in [2.45, 2.75) is 13.0 Å². The molecule has 0 aliphatic carbocycles. The van der Waals surface area contributed by atoms with Gasteiger partial charge in [-0.25, -0.2) is 0 Å². The van der Waals surface area contributed by atoms with Crippen molar-refractivity contribution in [1.29, 1.82) is 0 Å². The van der Waals surface area contributed by atoms with Crippen molar-refractivity contribution in [1.82, 2.24) is 14.9 Å². The van der Waals surface area contributed by atoms with Gasteiger partial charge in [0, 0.05) is 32.7 Å². The maximum Gasteiger partial charge on any atom is 0.406 e. The van der Waals surface area contributed by atoms with Crippen LogP contribution in [0.15, 0.2) is 6.33 Å². The Bertz CT molecular complexity index is 486. The standard InChI is InChI=1S/C11H17N5O2/c1-7-9-4-12-3-8(9)5-15(7)11-10(16(17)18)13-6-14(11)2/h6-9,12H,3-5H2,1-2H3. The number of rotatable bonds is 2. The summed E-state index contributed by atoms with van der Waals surface area (Å²) >= 11 is 0. The Kier molecular flexibility index (Phi) is 2.51. The van der Waals surface area contributed by atoms with Crippen LogP contribution in [0.3, 0.4) is 0 Å². The Labute approximate surface area is 105 Å². The van der Waals surface area contributed by atoms with Crippen molar-refractivity contribution in [3.63, 3.8) is 0 Å². The van der Waals surface area contributed by atoms with Crippen molar-refractivity contribution in [3.8, 4) is 0 Å². The summed E-state index contributed by atoms with van der Waals surface area (Å²) in [5.41, 5.74) is 0. The van der Waals surface area contributed by atoms with E-state index in [1.54, 1.807) is 4.57 Å². The predicted molar refractivity (Wildman–Crippen MR) is 66.5 cm³/mol. The first-order chi connectivity index (χ1) is 8.59. The fourth-order valence-corrected chi connectivity index (χ4v) is 3.32. The molecule has 2 aliphatic rings. The molecule has 2 fully saturated rings. The van der Waals surface area contributed by atoms with Gasteiger partial charge in [-0.3, -0.25) is 4.57 Å². The normalized spacial score (nSPS) is 30.8. The van der Waals surface area contributed by atoms with Gasteiger partial charge in [-0.15, -0.1) is 0 Å². The molecule has 3 rings (SSSR count). The van der Waals surface area contributed by atoms with E-state index in [-0.39, 0.29) is 5.82 Å². The van der Waals surface area contributed by atoms with Crippen molar-refractivity contribution >= 4 is 11.6 Å². The molecular weight excluding hydrogens is 234 g/mol. The first-order valence-corrected chi connectivity index (χ1v) is 6.22. The summed E-state index contributed by atoms with van der Waals surface area (Å²) in [6.07, 6.45) is 1.52. The fraction of sp³-hybridized carbons (Fsp3) is 0.727. The number of imidazole rings is 1. The first-order valence-electron chi connectivity index (χ1n) is 6.22. The predicted octanol–water partition coefficient (Wildman–Crippen LogP) is 0.372. The molecule has 18 heavy (non-hydrogen) atoms. The third-order valence-corrected chi connectivity index (χ3v) is 4.27. The molecule has 0 aromatic carbocycles. The van der Waals surface area contributed by atoms with Gasteiger partial charge in [0.1, 0.15) is 0 Å². The maximum absolute atomic E-state index is 11.0. The molecule has 7 nitrogen and oxygen atoms in total. The highest BCUT2D eigenvalue weighted by atomic mass is 16.6. The van der Waals surface area contributed by atoms with Crippen LogP contribution < -0.4 is 10.2 Å². The zero-order valence-electron chi connectivity index (χ0n) is 10.5. The van der Waals surface area contributed by atoms with E-state index in [1.807, 2.05) is 7.05 Å². The second kappa shape index (κ2) is 3.94. The molecule has 98 valence electrons. The van der Waals surface area contributed by atoms with Crippen LogP contribution in [0, 0.1) is 22.0 Å². The topological polar surface area (TPSA) is 76.2 Å². The van der Waals surface area contributed by atoms with Crippen LogP contribution in [-0.4, -0.2) is 40.2 Å². The van der Waals surface area contributed by atoms with Crippen molar-refractivity contribution < 1.29 is 4.92 Å². The number of hydrogen-bond acceptors (Lipinski definition) is 5. The van der Waals surface area contributed by atoms with Crippen LogP contribution in [0.2, 0.25) is 0 Å². The van der Waals surface area contributed by atoms with E-state index in [0.717, 1.165) is 19.6 Å². The van der Waals surface area contributed by atoms with Gasteiger partial charge >= 0.3 is 5.82 Å². The molecule has 0 amide bonds. The van der Waals surface area contributed by atoms with Crippen molar-refractivity contribution in [2.75, 3.05) is 24.5 Å². The highest BCUT2D eigenvalue weighted by Crippen LogP contribution is 2.38. The largest absolute Gasteiger partial charge is 0.406 e. The van der Waals surface area contributed by atoms with Crippen molar-refractivity contribution in [3.05, 3.63) is 16.4 Å². The van der Waals surface area contributed by atoms with E-state index in [2.05, 4.69) is 22.1 Å². The van der Waals surface area contributed by atoms with Crippen LogP contribution in [0.1, 0.15) is 6.92 Å². The van der Waals surface area contributed by atoms with E-state index in [1.165, 1.54) is 6.33 Å². The number of nitro groups is 1. The third-order valence-electron chi connectivity index (χ3n) is 4.27. The lowest BCUT2D eigenvalue weighted by Crippen LogP contribution is -2.34. The number of aryl methyl sites for hydroxylation is 1. The molecule has 0 spiro atoms. The fourth-order valence-electron chi connectivity index (χ4n) is 3.32. The second-order valence-electron chi connectivity index (χ2n) is 5.23. The lowest BCUT2D eigenvalue weighted by atomic mass is 9.95. The van der Waals surface area contributed by atoms with Crippen LogP contribution in [0.4, 0.5) is 11.6 Å². The van der Waals surface area contributed by atoms with Gasteiger partial charge in [0.2, 0.25) is 12.1 Å². The Morgan fingerprint density at radius 3 is 3.00 bits per heavy atom. The van der Waals surface area contributed by atoms with E-state index in [9.17, 15) is 10.1 Å². The smallest absolute Gasteiger partial charge is 0.358 e. The minimum atomic E-state index is -0.394. The Morgan fingerprint density at radius 1 is 1.56 bits per heavy atom. The second-order valence-corrected chi connectivity index (χ2v) is 5.23. The number of hydrogen-bond donors (Lipinski definition) is 1. The molecule has 0 radical (unpaired) electrons. The first kappa shape index (κ1) is 11.5. The summed E-state index contributed by atoms with van der Waals surface area (Å²) < 4.78 is 1.75. The molecule has 1 aromatic heterocycles. The molecule has 2 saturated heterocycles. The van der Waals surface area contributed by atoms with E-state index in [4.69, 9.17) is 0 Å². The van der Waals surface area contributed by atoms with Crippen LogP contribution in [0.5, 0.6) is 0 Å². The lowest BCUT2D eigenvalue weighted by molar-refractivity contribution is -0.388. The van der Waals surface area contributed by atoms with Gasteiger partial charge in [0.05, 0.1) is 0 Å². The summed E-state index contributed by atoms with van der Waals surface area (Å²) in [6, 6.07) is 0.319. The Balaban J connectivity index is 1.96. The number of nitrogens with one attached hydrogen (secondary N) is 1. The van der Waals surface area contributed by atoms with Crippen LogP contribution in [0.25, 0.3) is 0 Å². The molecule has 7 heteroatoms. The summed E-state index contributed by atoms with van der Waals surface area (Å²) in [7, 11) is 1.81. The molecule has 0 saturated carbocycles. The molecular formula is C11H17N5O2. The van der Waals surface area contributed by atoms with Gasteiger partial charge in [-0.1, -0.05) is 0 Å². The zero-order chi connectivity index (χ0) is 12.9. The van der Waals surface area contributed by atoms with Crippen LogP contribution >= 0.6 is 0 Å². The summed E-state index contributed by atoms with van der Waals surface area (Å²) in [4.78, 5) is 16.7. The Morgan fingerprint density at radius 2 is 2.33 bits per heavy atom. The molecule has 1 N–H and O–H groups in total. The quantitative estimate of drug-likeness (QED) is 0.607. The molecule has 3 atom stereocenters. The maximum atomic E-state index is 11.0. The van der Waals surface area contributed by atoms with Gasteiger partial charge in [-0.2, -0.15) is 0 Å². The van der Waals surface area contributed by atoms with Crippen LogP contribution in [-0.2, 0) is 7.05 Å². The summed E-state index contributed by atoms with van der Waals surface area (Å²) in [5.74, 6) is 1.79. The van der Waals surface area contributed by atoms with Gasteiger partial charge in [0.15, 0.2) is 0 Å². The number of nitrogens with zero attached hydrogens (tertiary/aromatic N) is 4. The third kappa shape index (κ3) is 1.50. The molecule has 1 aromatic rings. The number of fused-ring (bicyclic) bond motifs is 1. The van der Waals surface area contributed by atoms with Gasteiger partial charge in [-0.05, 0) is 28.7 Å². The lowest BCUT2D eigenvalue weighted by Gasteiger charge is -2.25. The zero-order valence-corrected chi connectivity index (χ0v) is 10.5. The minimum absolute atomic E-state index is 0.0303. The van der Waals surface area contributed by atoms with E-state index >= 15 is 0 Å². The van der Waals surface area contributed by atoms with Gasteiger partial charge in [0.25, 0.3) is 0 Å². The highest BCUT2D eigenvalue weighted by molar-refractivity contribution is 5.56. The average molecular weight is 251 g/mol. The number of anilines is 1. The van der Waals surface area contributed by atoms with E-state index < -0.39 is 4.92 Å². The molecule has 2 aliphatic heterocycles. The van der Waals surface area contributed by atoms with E-state index in [0.29, 0.717) is 23.7 Å². The average Bonchev–Trinajstić information content (AvgIpc) is 2.96. The summed E-state index contributed by atoms with van der Waals surface area (Å²) in [5, 5.41) is 14.4. The van der Waals surface area contributed by atoms with Gasteiger partial charge < -0.3 is 20.3 Å². The SMILES string of the molecule is CC1C2CNCC2CN1c1c([N+](=O)[O-])ncn1C. The molecule has 3 unspecified atom stereocenters. The summed E-state index contributed by atoms with van der Waals surface area (Å²) in [6.45, 7) is 5.04. The van der Waals surface area contributed by atoms with Crippen molar-refractivity contribution in [2.24, 2.45) is 18.9 Å². The molecule has 0 bridgehead atoms. The number of aromatic nitrogens is 2. The highest BCUT2D eigenvalue weighted by Gasteiger charge is 2.44. The monoisotopic (exact) mass is 251 g/mol.